The third-order valence-electron chi connectivity index (χ3n) is 7.12. The van der Waals surface area contributed by atoms with Crippen LogP contribution in [0.3, 0.4) is 0 Å². The maximum Gasteiger partial charge on any atom is 0.144 e. The van der Waals surface area contributed by atoms with E-state index in [2.05, 4.69) is 124 Å². The Hall–Kier alpha value is -3.29. The Morgan fingerprint density at radius 2 is 0.700 bits per heavy atom. The van der Waals surface area contributed by atoms with Gasteiger partial charge in [-0.1, -0.05) is 58.2 Å². The van der Waals surface area contributed by atoms with Crippen LogP contribution >= 0.6 is 7.26 Å². The monoisotopic (exact) mass is 555 g/mol. The van der Waals surface area contributed by atoms with Crippen LogP contribution in [-0.4, -0.2) is 19.8 Å². The maximum absolute atomic E-state index is 6.04. The molecule has 0 fully saturated rings. The lowest BCUT2D eigenvalue weighted by Gasteiger charge is -2.28. The highest BCUT2D eigenvalue weighted by molar-refractivity contribution is 8.01. The van der Waals surface area contributed by atoms with Crippen molar-refractivity contribution in [1.82, 2.24) is 0 Å². The van der Waals surface area contributed by atoms with Gasteiger partial charge in [-0.05, 0) is 104 Å². The van der Waals surface area contributed by atoms with E-state index in [0.717, 1.165) is 75.6 Å². The summed E-state index contributed by atoms with van der Waals surface area (Å²) >= 11 is 0. The van der Waals surface area contributed by atoms with Gasteiger partial charge in [0.1, 0.15) is 45.7 Å². The van der Waals surface area contributed by atoms with E-state index >= 15 is 0 Å². The largest absolute Gasteiger partial charge is 0.494 e. The van der Waals surface area contributed by atoms with Crippen LogP contribution in [0.15, 0.2) is 103 Å². The maximum atomic E-state index is 6.04. The van der Waals surface area contributed by atoms with Crippen LogP contribution in [0.2, 0.25) is 0 Å². The molecule has 210 valence electrons. The molecule has 0 aliphatic heterocycles. The predicted octanol–water partition coefficient (Wildman–Crippen LogP) is 7.84. The van der Waals surface area contributed by atoms with Gasteiger partial charge in [0.25, 0.3) is 0 Å². The fourth-order valence-corrected chi connectivity index (χ4v) is 9.04. The zero-order valence-corrected chi connectivity index (χ0v) is 25.2. The van der Waals surface area contributed by atoms with E-state index in [4.69, 9.17) is 14.2 Å². The van der Waals surface area contributed by atoms with E-state index in [1.807, 2.05) is 0 Å². The minimum atomic E-state index is -2.23. The molecule has 0 aliphatic rings. The first-order valence-corrected chi connectivity index (χ1v) is 16.7. The zero-order chi connectivity index (χ0) is 28.0. The van der Waals surface area contributed by atoms with Crippen molar-refractivity contribution < 1.29 is 14.2 Å². The van der Waals surface area contributed by atoms with Gasteiger partial charge >= 0.3 is 0 Å². The highest BCUT2D eigenvalue weighted by atomic mass is 31.2. The average molecular weight is 556 g/mol. The molecule has 4 rings (SSSR count). The summed E-state index contributed by atoms with van der Waals surface area (Å²) in [5.41, 5.74) is 0. The summed E-state index contributed by atoms with van der Waals surface area (Å²) in [7, 11) is -2.23. The van der Waals surface area contributed by atoms with Gasteiger partial charge in [0, 0.05) is 0 Å². The van der Waals surface area contributed by atoms with Crippen molar-refractivity contribution in [2.45, 2.75) is 59.3 Å². The average Bonchev–Trinajstić information content (AvgIpc) is 3.01. The van der Waals surface area contributed by atoms with Crippen LogP contribution < -0.4 is 35.4 Å². The van der Waals surface area contributed by atoms with E-state index in [9.17, 15) is 0 Å². The number of unbranched alkanes of at least 4 members (excludes halogenated alkanes) is 3. The Bertz CT molecular complexity index is 1120. The summed E-state index contributed by atoms with van der Waals surface area (Å²) in [6.07, 6.45) is 6.54. The molecule has 0 bridgehead atoms. The lowest BCUT2D eigenvalue weighted by atomic mass is 10.3. The molecule has 0 atom stereocenters. The van der Waals surface area contributed by atoms with E-state index < -0.39 is 7.26 Å². The van der Waals surface area contributed by atoms with Crippen molar-refractivity contribution in [1.29, 1.82) is 0 Å². The molecular weight excluding hydrogens is 511 g/mol. The van der Waals surface area contributed by atoms with Crippen LogP contribution in [0, 0.1) is 0 Å². The predicted molar refractivity (Wildman–Crippen MR) is 172 cm³/mol. The first kappa shape index (κ1) is 29.7. The van der Waals surface area contributed by atoms with Crippen molar-refractivity contribution in [3.8, 4) is 17.2 Å². The first-order valence-electron chi connectivity index (χ1n) is 14.9. The molecule has 0 saturated carbocycles. The van der Waals surface area contributed by atoms with Crippen molar-refractivity contribution in [2.24, 2.45) is 0 Å². The highest BCUT2D eigenvalue weighted by Gasteiger charge is 2.48. The van der Waals surface area contributed by atoms with Gasteiger partial charge < -0.3 is 14.2 Å². The van der Waals surface area contributed by atoms with E-state index in [-0.39, 0.29) is 0 Å². The summed E-state index contributed by atoms with van der Waals surface area (Å²) < 4.78 is 18.1. The highest BCUT2D eigenvalue weighted by Crippen LogP contribution is 2.54. The van der Waals surface area contributed by atoms with Crippen LogP contribution in [0.25, 0.3) is 0 Å². The van der Waals surface area contributed by atoms with Crippen molar-refractivity contribution >= 4 is 28.5 Å². The van der Waals surface area contributed by atoms with Gasteiger partial charge in [0.05, 0.1) is 19.8 Å². The second-order valence-electron chi connectivity index (χ2n) is 10.1. The van der Waals surface area contributed by atoms with Crippen LogP contribution in [0.1, 0.15) is 59.3 Å². The molecule has 4 heteroatoms. The minimum Gasteiger partial charge on any atom is -0.494 e. The summed E-state index contributed by atoms with van der Waals surface area (Å²) in [5, 5.41) is 5.19. The van der Waals surface area contributed by atoms with Gasteiger partial charge in [-0.25, -0.2) is 0 Å². The Morgan fingerprint density at radius 3 is 1.00 bits per heavy atom. The van der Waals surface area contributed by atoms with E-state index in [1.165, 1.54) is 21.2 Å². The molecule has 0 amide bonds. The SMILES string of the molecule is CCCCOc1ccc([P+](c2ccccc2)(c2ccc(OCCCC)cc2)c2ccc(OCCCC)cc2)cc1. The zero-order valence-electron chi connectivity index (χ0n) is 24.4. The summed E-state index contributed by atoms with van der Waals surface area (Å²) in [6, 6.07) is 37.3. The quantitative estimate of drug-likeness (QED) is 0.104. The number of hydrogen-bond donors (Lipinski definition) is 0. The molecule has 3 nitrogen and oxygen atoms in total. The number of benzene rings is 4. The van der Waals surface area contributed by atoms with E-state index in [1.54, 1.807) is 0 Å². The smallest absolute Gasteiger partial charge is 0.144 e. The van der Waals surface area contributed by atoms with E-state index in [0.29, 0.717) is 0 Å². The molecule has 0 saturated heterocycles. The summed E-state index contributed by atoms with van der Waals surface area (Å²) in [4.78, 5) is 0. The van der Waals surface area contributed by atoms with Gasteiger partial charge in [-0.2, -0.15) is 0 Å². The Labute approximate surface area is 241 Å². The lowest BCUT2D eigenvalue weighted by Crippen LogP contribution is -2.38. The lowest BCUT2D eigenvalue weighted by molar-refractivity contribution is 0.309. The first-order chi connectivity index (χ1) is 19.7. The van der Waals surface area contributed by atoms with Crippen LogP contribution in [-0.2, 0) is 0 Å². The molecule has 0 heterocycles. The molecule has 0 N–H and O–H groups in total. The molecule has 0 unspecified atom stereocenters. The van der Waals surface area contributed by atoms with Crippen LogP contribution in [0.4, 0.5) is 0 Å². The number of rotatable bonds is 16. The second kappa shape index (κ2) is 15.5. The third-order valence-corrected chi connectivity index (χ3v) is 11.4. The Morgan fingerprint density at radius 1 is 0.400 bits per heavy atom. The van der Waals surface area contributed by atoms with Crippen molar-refractivity contribution in [3.63, 3.8) is 0 Å². The van der Waals surface area contributed by atoms with Crippen molar-refractivity contribution in [2.75, 3.05) is 19.8 Å². The summed E-state index contributed by atoms with van der Waals surface area (Å²) in [6.45, 7) is 8.79. The summed E-state index contributed by atoms with van der Waals surface area (Å²) in [5.74, 6) is 2.76. The number of hydrogen-bond acceptors (Lipinski definition) is 3. The third kappa shape index (κ3) is 7.26. The topological polar surface area (TPSA) is 27.7 Å². The molecule has 0 spiro atoms. The standard InChI is InChI=1S/C36H44O3P/c1-4-7-27-37-30-15-21-34(22-16-30)40(33-13-11-10-12-14-33,35-23-17-31(18-24-35)38-28-8-5-2)36-25-19-32(20-26-36)39-29-9-6-3/h10-26H,4-9,27-29H2,1-3H3/q+1. The Kier molecular flexibility index (Phi) is 11.5. The molecular formula is C36H44O3P+. The fraction of sp³-hybridized carbons (Fsp3) is 0.333. The molecule has 0 aromatic heterocycles. The van der Waals surface area contributed by atoms with Gasteiger partial charge in [-0.3, -0.25) is 0 Å². The van der Waals surface area contributed by atoms with Gasteiger partial charge in [-0.15, -0.1) is 0 Å². The second-order valence-corrected chi connectivity index (χ2v) is 13.5. The van der Waals surface area contributed by atoms with Gasteiger partial charge in [0.2, 0.25) is 0 Å². The minimum absolute atomic E-state index is 0.744. The Balaban J connectivity index is 1.83. The van der Waals surface area contributed by atoms with Crippen LogP contribution in [0.5, 0.6) is 17.2 Å². The molecule has 0 radical (unpaired) electrons. The fourth-order valence-electron chi connectivity index (χ4n) is 4.85. The molecule has 4 aromatic rings. The molecule has 4 aromatic carbocycles. The van der Waals surface area contributed by atoms with Crippen molar-refractivity contribution in [3.05, 3.63) is 103 Å². The molecule has 40 heavy (non-hydrogen) atoms. The van der Waals surface area contributed by atoms with Gasteiger partial charge in [0.15, 0.2) is 0 Å². The number of ether oxygens (including phenoxy) is 3. The molecule has 0 aliphatic carbocycles. The normalized spacial score (nSPS) is 11.3.